The zero-order valence-corrected chi connectivity index (χ0v) is 18.9. The first-order chi connectivity index (χ1) is 12.3. The van der Waals surface area contributed by atoms with E-state index < -0.39 is 0 Å². The molecule has 0 amide bonds. The third kappa shape index (κ3) is 12.4. The van der Waals surface area contributed by atoms with Crippen LogP contribution in [0.5, 0.6) is 5.75 Å². The molecule has 0 radical (unpaired) electrons. The number of unbranched alkanes of at least 4 members (excludes halogenated alkanes) is 2. The van der Waals surface area contributed by atoms with Crippen LogP contribution in [0.15, 0.2) is 29.3 Å². The van der Waals surface area contributed by atoms with Gasteiger partial charge in [-0.05, 0) is 50.8 Å². The van der Waals surface area contributed by atoms with Crippen LogP contribution in [-0.4, -0.2) is 38.9 Å². The summed E-state index contributed by atoms with van der Waals surface area (Å²) in [6.07, 6.45) is 4.37. The highest BCUT2D eigenvalue weighted by Crippen LogP contribution is 2.14. The van der Waals surface area contributed by atoms with Gasteiger partial charge in [-0.25, -0.2) is 4.99 Å². The molecule has 0 atom stereocenters. The van der Waals surface area contributed by atoms with Crippen molar-refractivity contribution in [2.24, 2.45) is 4.99 Å². The predicted molar refractivity (Wildman–Crippen MR) is 121 cm³/mol. The number of hydrogen-bond donors (Lipinski definition) is 2. The Labute approximate surface area is 176 Å². The molecule has 2 N–H and O–H groups in total. The van der Waals surface area contributed by atoms with Crippen LogP contribution in [0.1, 0.15) is 52.0 Å². The third-order valence-electron chi connectivity index (χ3n) is 3.64. The van der Waals surface area contributed by atoms with Crippen LogP contribution in [0.4, 0.5) is 0 Å². The fraction of sp³-hybridized carbons (Fsp3) is 0.650. The molecular formula is C20H36IN3O2. The molecule has 1 aromatic carbocycles. The van der Waals surface area contributed by atoms with Gasteiger partial charge in [0.2, 0.25) is 0 Å². The Balaban J connectivity index is 0.00000625. The molecule has 0 fully saturated rings. The highest BCUT2D eigenvalue weighted by molar-refractivity contribution is 14.0. The summed E-state index contributed by atoms with van der Waals surface area (Å²) in [7, 11) is 0. The first-order valence-electron chi connectivity index (χ1n) is 9.61. The number of nitrogens with one attached hydrogen (secondary N) is 2. The highest BCUT2D eigenvalue weighted by Gasteiger charge is 2.00. The smallest absolute Gasteiger partial charge is 0.191 e. The zero-order chi connectivity index (χ0) is 18.2. The lowest BCUT2D eigenvalue weighted by atomic mass is 10.2. The normalized spacial score (nSPS) is 11.0. The standard InChI is InChI=1S/C20H35N3O2.HI/c1-4-7-15-25-19-12-10-11-18(16-19)17-23-20(21-5-2)22-13-8-9-14-24-6-3;/h10-12,16H,4-9,13-15,17H2,1-3H3,(H2,21,22,23);1H. The summed E-state index contributed by atoms with van der Waals surface area (Å²) >= 11 is 0. The van der Waals surface area contributed by atoms with Gasteiger partial charge in [0.15, 0.2) is 5.96 Å². The molecule has 0 unspecified atom stereocenters. The van der Waals surface area contributed by atoms with Crippen LogP contribution in [0.3, 0.4) is 0 Å². The van der Waals surface area contributed by atoms with Crippen molar-refractivity contribution in [1.82, 2.24) is 10.6 Å². The molecular weight excluding hydrogens is 441 g/mol. The van der Waals surface area contributed by atoms with Gasteiger partial charge in [-0.3, -0.25) is 0 Å². The quantitative estimate of drug-likeness (QED) is 0.192. The fourth-order valence-electron chi connectivity index (χ4n) is 2.26. The molecule has 0 aliphatic carbocycles. The van der Waals surface area contributed by atoms with Crippen LogP contribution in [0, 0.1) is 0 Å². The number of hydrogen-bond acceptors (Lipinski definition) is 3. The van der Waals surface area contributed by atoms with E-state index in [1.165, 1.54) is 0 Å². The van der Waals surface area contributed by atoms with Crippen molar-refractivity contribution in [1.29, 1.82) is 0 Å². The van der Waals surface area contributed by atoms with Crippen molar-refractivity contribution >= 4 is 29.9 Å². The lowest BCUT2D eigenvalue weighted by Gasteiger charge is -2.11. The molecule has 0 heterocycles. The van der Waals surface area contributed by atoms with Crippen molar-refractivity contribution in [3.05, 3.63) is 29.8 Å². The maximum Gasteiger partial charge on any atom is 0.191 e. The van der Waals surface area contributed by atoms with E-state index in [0.717, 1.165) is 75.9 Å². The molecule has 1 aromatic rings. The number of rotatable bonds is 13. The van der Waals surface area contributed by atoms with Crippen molar-refractivity contribution < 1.29 is 9.47 Å². The van der Waals surface area contributed by atoms with E-state index in [1.54, 1.807) is 0 Å². The number of aliphatic imine (C=N–C) groups is 1. The minimum Gasteiger partial charge on any atom is -0.494 e. The highest BCUT2D eigenvalue weighted by atomic mass is 127. The van der Waals surface area contributed by atoms with E-state index in [2.05, 4.69) is 41.6 Å². The van der Waals surface area contributed by atoms with Gasteiger partial charge in [0.1, 0.15) is 5.75 Å². The largest absolute Gasteiger partial charge is 0.494 e. The molecule has 0 aliphatic rings. The van der Waals surface area contributed by atoms with Crippen molar-refractivity contribution in [2.75, 3.05) is 32.9 Å². The number of guanidine groups is 1. The first kappa shape index (κ1) is 25.0. The van der Waals surface area contributed by atoms with E-state index in [-0.39, 0.29) is 24.0 Å². The zero-order valence-electron chi connectivity index (χ0n) is 16.6. The average molecular weight is 477 g/mol. The third-order valence-corrected chi connectivity index (χ3v) is 3.64. The second kappa shape index (κ2) is 17.4. The molecule has 26 heavy (non-hydrogen) atoms. The van der Waals surface area contributed by atoms with Crippen LogP contribution < -0.4 is 15.4 Å². The van der Waals surface area contributed by atoms with E-state index >= 15 is 0 Å². The minimum absolute atomic E-state index is 0. The van der Waals surface area contributed by atoms with Gasteiger partial charge in [-0.2, -0.15) is 0 Å². The van der Waals surface area contributed by atoms with Crippen LogP contribution >= 0.6 is 24.0 Å². The summed E-state index contributed by atoms with van der Waals surface area (Å²) in [5, 5.41) is 6.66. The van der Waals surface area contributed by atoms with Gasteiger partial charge >= 0.3 is 0 Å². The monoisotopic (exact) mass is 477 g/mol. The summed E-state index contributed by atoms with van der Waals surface area (Å²) in [5.41, 5.74) is 1.16. The Hall–Kier alpha value is -1.02. The Bertz CT molecular complexity index is 484. The molecule has 6 heteroatoms. The minimum atomic E-state index is 0. The molecule has 0 spiro atoms. The number of benzene rings is 1. The summed E-state index contributed by atoms with van der Waals surface area (Å²) in [4.78, 5) is 4.66. The summed E-state index contributed by atoms with van der Waals surface area (Å²) in [5.74, 6) is 1.78. The molecule has 5 nitrogen and oxygen atoms in total. The van der Waals surface area contributed by atoms with Gasteiger partial charge in [0, 0.05) is 26.3 Å². The molecule has 0 saturated carbocycles. The second-order valence-electron chi connectivity index (χ2n) is 5.88. The summed E-state index contributed by atoms with van der Waals surface area (Å²) < 4.78 is 11.1. The van der Waals surface area contributed by atoms with E-state index in [1.807, 2.05) is 19.1 Å². The van der Waals surface area contributed by atoms with Gasteiger partial charge in [-0.1, -0.05) is 25.5 Å². The van der Waals surface area contributed by atoms with E-state index in [4.69, 9.17) is 9.47 Å². The van der Waals surface area contributed by atoms with Crippen LogP contribution in [-0.2, 0) is 11.3 Å². The van der Waals surface area contributed by atoms with E-state index in [9.17, 15) is 0 Å². The van der Waals surface area contributed by atoms with Crippen LogP contribution in [0.2, 0.25) is 0 Å². The van der Waals surface area contributed by atoms with Gasteiger partial charge in [0.05, 0.1) is 13.2 Å². The van der Waals surface area contributed by atoms with Crippen molar-refractivity contribution in [3.8, 4) is 5.75 Å². The molecule has 150 valence electrons. The molecule has 1 rings (SSSR count). The van der Waals surface area contributed by atoms with Gasteiger partial charge < -0.3 is 20.1 Å². The number of halogens is 1. The molecule has 0 saturated heterocycles. The van der Waals surface area contributed by atoms with Crippen molar-refractivity contribution in [3.63, 3.8) is 0 Å². The van der Waals surface area contributed by atoms with Gasteiger partial charge in [0.25, 0.3) is 0 Å². The lowest BCUT2D eigenvalue weighted by molar-refractivity contribution is 0.143. The average Bonchev–Trinajstić information content (AvgIpc) is 2.63. The summed E-state index contributed by atoms with van der Waals surface area (Å²) in [6, 6.07) is 8.19. The number of ether oxygens (including phenoxy) is 2. The van der Waals surface area contributed by atoms with Crippen LogP contribution in [0.25, 0.3) is 0 Å². The maximum absolute atomic E-state index is 5.76. The summed E-state index contributed by atoms with van der Waals surface area (Å²) in [6.45, 7) is 11.1. The molecule has 0 aliphatic heterocycles. The molecule has 0 aromatic heterocycles. The maximum atomic E-state index is 5.76. The Morgan fingerprint density at radius 3 is 2.62 bits per heavy atom. The Morgan fingerprint density at radius 1 is 1.04 bits per heavy atom. The topological polar surface area (TPSA) is 54.9 Å². The van der Waals surface area contributed by atoms with E-state index in [0.29, 0.717) is 6.54 Å². The first-order valence-corrected chi connectivity index (χ1v) is 9.61. The molecule has 0 bridgehead atoms. The lowest BCUT2D eigenvalue weighted by Crippen LogP contribution is -2.37. The number of nitrogens with zero attached hydrogens (tertiary/aromatic N) is 1. The second-order valence-corrected chi connectivity index (χ2v) is 5.88. The Kier molecular flexibility index (Phi) is 16.7. The van der Waals surface area contributed by atoms with Gasteiger partial charge in [-0.15, -0.1) is 24.0 Å². The Morgan fingerprint density at radius 2 is 1.88 bits per heavy atom. The van der Waals surface area contributed by atoms with Crippen molar-refractivity contribution in [2.45, 2.75) is 53.0 Å². The predicted octanol–water partition coefficient (Wildman–Crippen LogP) is 4.36. The fourth-order valence-corrected chi connectivity index (χ4v) is 2.26. The SMILES string of the molecule is CCCCOc1cccc(CN=C(NCC)NCCCCOCC)c1.I.